The molecular formula is C16H16FNO6S. The number of aromatic carboxylic acids is 1. The van der Waals surface area contributed by atoms with E-state index in [1.165, 1.54) is 14.2 Å². The summed E-state index contributed by atoms with van der Waals surface area (Å²) in [5.41, 5.74) is 0.140. The van der Waals surface area contributed by atoms with E-state index < -0.39 is 26.7 Å². The molecule has 0 fully saturated rings. The van der Waals surface area contributed by atoms with E-state index in [0.29, 0.717) is 17.1 Å². The fourth-order valence-electron chi connectivity index (χ4n) is 2.11. The summed E-state index contributed by atoms with van der Waals surface area (Å²) in [7, 11) is -1.39. The van der Waals surface area contributed by atoms with Gasteiger partial charge in [0.25, 0.3) is 0 Å². The zero-order valence-electron chi connectivity index (χ0n) is 13.4. The highest BCUT2D eigenvalue weighted by molar-refractivity contribution is 7.89. The Labute approximate surface area is 144 Å². The van der Waals surface area contributed by atoms with E-state index >= 15 is 0 Å². The van der Waals surface area contributed by atoms with Crippen LogP contribution in [-0.4, -0.2) is 33.7 Å². The first-order valence-corrected chi connectivity index (χ1v) is 8.50. The highest BCUT2D eigenvalue weighted by Crippen LogP contribution is 2.24. The van der Waals surface area contributed by atoms with Crippen molar-refractivity contribution in [2.45, 2.75) is 11.4 Å². The predicted molar refractivity (Wildman–Crippen MR) is 86.9 cm³/mol. The molecule has 0 saturated carbocycles. The standard InChI is InChI=1S/C16H16FNO6S/c1-23-12-4-6-14(24-2)11(7-12)9-18-25(21,22)15-8-10(16(19)20)3-5-13(15)17/h3-8,18H,9H2,1-2H3,(H,19,20). The van der Waals surface area contributed by atoms with E-state index in [4.69, 9.17) is 14.6 Å². The average Bonchev–Trinajstić information content (AvgIpc) is 2.59. The number of ether oxygens (including phenoxy) is 2. The first-order valence-electron chi connectivity index (χ1n) is 7.02. The maximum absolute atomic E-state index is 13.9. The lowest BCUT2D eigenvalue weighted by Gasteiger charge is -2.12. The van der Waals surface area contributed by atoms with Crippen LogP contribution < -0.4 is 14.2 Å². The molecule has 0 unspecified atom stereocenters. The van der Waals surface area contributed by atoms with Crippen LogP contribution in [0.3, 0.4) is 0 Å². The summed E-state index contributed by atoms with van der Waals surface area (Å²) in [6.07, 6.45) is 0. The van der Waals surface area contributed by atoms with Gasteiger partial charge in [-0.3, -0.25) is 0 Å². The van der Waals surface area contributed by atoms with Gasteiger partial charge in [0, 0.05) is 12.1 Å². The number of carbonyl (C=O) groups is 1. The molecule has 9 heteroatoms. The maximum Gasteiger partial charge on any atom is 0.335 e. The Balaban J connectivity index is 2.31. The van der Waals surface area contributed by atoms with Gasteiger partial charge in [0.1, 0.15) is 22.2 Å². The minimum absolute atomic E-state index is 0.195. The molecule has 0 bridgehead atoms. The van der Waals surface area contributed by atoms with E-state index in [0.717, 1.165) is 18.2 Å². The lowest BCUT2D eigenvalue weighted by molar-refractivity contribution is 0.0696. The minimum Gasteiger partial charge on any atom is -0.497 e. The molecule has 7 nitrogen and oxygen atoms in total. The third kappa shape index (κ3) is 4.25. The second kappa shape index (κ2) is 7.49. The molecule has 2 rings (SSSR count). The van der Waals surface area contributed by atoms with E-state index in [-0.39, 0.29) is 12.1 Å². The predicted octanol–water partition coefficient (Wildman–Crippen LogP) is 2.02. The number of hydrogen-bond acceptors (Lipinski definition) is 5. The summed E-state index contributed by atoms with van der Waals surface area (Å²) >= 11 is 0. The lowest BCUT2D eigenvalue weighted by atomic mass is 10.2. The Morgan fingerprint density at radius 3 is 2.48 bits per heavy atom. The van der Waals surface area contributed by atoms with Crippen molar-refractivity contribution in [2.24, 2.45) is 0 Å². The molecule has 0 heterocycles. The van der Waals surface area contributed by atoms with Crippen LogP contribution in [0.25, 0.3) is 0 Å². The Morgan fingerprint density at radius 1 is 1.16 bits per heavy atom. The largest absolute Gasteiger partial charge is 0.497 e. The van der Waals surface area contributed by atoms with Crippen LogP contribution in [0, 0.1) is 5.82 Å². The van der Waals surface area contributed by atoms with Gasteiger partial charge >= 0.3 is 5.97 Å². The Kier molecular flexibility index (Phi) is 5.60. The fraction of sp³-hybridized carbons (Fsp3) is 0.188. The minimum atomic E-state index is -4.27. The Bertz CT molecular complexity index is 897. The molecule has 2 N–H and O–H groups in total. The van der Waals surface area contributed by atoms with E-state index in [2.05, 4.69) is 4.72 Å². The first kappa shape index (κ1) is 18.7. The number of hydrogen-bond donors (Lipinski definition) is 2. The number of methoxy groups -OCH3 is 2. The molecule has 0 spiro atoms. The number of nitrogens with one attached hydrogen (secondary N) is 1. The Hall–Kier alpha value is -2.65. The molecule has 25 heavy (non-hydrogen) atoms. The summed E-state index contributed by atoms with van der Waals surface area (Å²) in [4.78, 5) is 10.2. The van der Waals surface area contributed by atoms with Gasteiger partial charge in [-0.15, -0.1) is 0 Å². The van der Waals surface area contributed by atoms with Gasteiger partial charge in [-0.1, -0.05) is 0 Å². The van der Waals surface area contributed by atoms with Gasteiger partial charge in [-0.05, 0) is 36.4 Å². The third-order valence-electron chi connectivity index (χ3n) is 3.41. The summed E-state index contributed by atoms with van der Waals surface area (Å²) in [6, 6.07) is 7.38. The zero-order chi connectivity index (χ0) is 18.6. The van der Waals surface area contributed by atoms with Crippen molar-refractivity contribution in [1.82, 2.24) is 4.72 Å². The number of carboxylic acids is 1. The zero-order valence-corrected chi connectivity index (χ0v) is 14.3. The molecule has 134 valence electrons. The van der Waals surface area contributed by atoms with Gasteiger partial charge in [0.15, 0.2) is 0 Å². The smallest absolute Gasteiger partial charge is 0.335 e. The second-order valence-electron chi connectivity index (χ2n) is 4.95. The molecule has 0 amide bonds. The van der Waals surface area contributed by atoms with Crippen LogP contribution in [0.15, 0.2) is 41.3 Å². The SMILES string of the molecule is COc1ccc(OC)c(CNS(=O)(=O)c2cc(C(=O)O)ccc2F)c1. The molecule has 0 saturated heterocycles. The van der Waals surface area contributed by atoms with Crippen molar-refractivity contribution >= 4 is 16.0 Å². The maximum atomic E-state index is 13.9. The molecule has 0 atom stereocenters. The summed E-state index contributed by atoms with van der Waals surface area (Å²) < 4.78 is 51.0. The molecule has 0 aromatic heterocycles. The van der Waals surface area contributed by atoms with E-state index in [9.17, 15) is 17.6 Å². The highest BCUT2D eigenvalue weighted by atomic mass is 32.2. The summed E-state index contributed by atoms with van der Waals surface area (Å²) in [5.74, 6) is -1.49. The molecule has 2 aromatic carbocycles. The topological polar surface area (TPSA) is 102 Å². The molecule has 0 radical (unpaired) electrons. The highest BCUT2D eigenvalue weighted by Gasteiger charge is 2.21. The van der Waals surface area contributed by atoms with Gasteiger partial charge in [-0.2, -0.15) is 0 Å². The van der Waals surface area contributed by atoms with Crippen LogP contribution >= 0.6 is 0 Å². The van der Waals surface area contributed by atoms with Gasteiger partial charge < -0.3 is 14.6 Å². The molecule has 0 aliphatic rings. The third-order valence-corrected chi connectivity index (χ3v) is 4.82. The van der Waals surface area contributed by atoms with Crippen molar-refractivity contribution in [3.05, 3.63) is 53.3 Å². The van der Waals surface area contributed by atoms with Crippen LogP contribution in [0.1, 0.15) is 15.9 Å². The monoisotopic (exact) mass is 369 g/mol. The van der Waals surface area contributed by atoms with Crippen molar-refractivity contribution in [2.75, 3.05) is 14.2 Å². The molecular weight excluding hydrogens is 353 g/mol. The fourth-order valence-corrected chi connectivity index (χ4v) is 3.22. The quantitative estimate of drug-likeness (QED) is 0.774. The van der Waals surface area contributed by atoms with Crippen molar-refractivity contribution in [3.8, 4) is 11.5 Å². The van der Waals surface area contributed by atoms with Crippen LogP contribution in [0.2, 0.25) is 0 Å². The summed E-state index contributed by atoms with van der Waals surface area (Å²) in [6.45, 7) is -0.195. The summed E-state index contributed by atoms with van der Waals surface area (Å²) in [5, 5.41) is 8.93. The normalized spacial score (nSPS) is 11.2. The van der Waals surface area contributed by atoms with Gasteiger partial charge in [0.05, 0.1) is 19.8 Å². The lowest BCUT2D eigenvalue weighted by Crippen LogP contribution is -2.25. The number of rotatable bonds is 7. The Morgan fingerprint density at radius 2 is 1.88 bits per heavy atom. The molecule has 2 aromatic rings. The molecule has 0 aliphatic heterocycles. The number of benzene rings is 2. The number of carboxylic acid groups (broad SMARTS) is 1. The van der Waals surface area contributed by atoms with Crippen LogP contribution in [0.5, 0.6) is 11.5 Å². The van der Waals surface area contributed by atoms with Crippen molar-refractivity contribution in [3.63, 3.8) is 0 Å². The van der Waals surface area contributed by atoms with Crippen LogP contribution in [0.4, 0.5) is 4.39 Å². The number of halogens is 1. The average molecular weight is 369 g/mol. The van der Waals surface area contributed by atoms with E-state index in [1.807, 2.05) is 0 Å². The van der Waals surface area contributed by atoms with Crippen molar-refractivity contribution < 1.29 is 32.2 Å². The number of sulfonamides is 1. The first-order chi connectivity index (χ1) is 11.8. The van der Waals surface area contributed by atoms with Crippen LogP contribution in [-0.2, 0) is 16.6 Å². The van der Waals surface area contributed by atoms with Crippen molar-refractivity contribution in [1.29, 1.82) is 0 Å². The van der Waals surface area contributed by atoms with E-state index in [1.54, 1.807) is 18.2 Å². The van der Waals surface area contributed by atoms with Gasteiger partial charge in [0.2, 0.25) is 10.0 Å². The molecule has 0 aliphatic carbocycles. The second-order valence-corrected chi connectivity index (χ2v) is 6.69. The van der Waals surface area contributed by atoms with Gasteiger partial charge in [-0.25, -0.2) is 22.3 Å².